The van der Waals surface area contributed by atoms with Crippen molar-refractivity contribution in [3.8, 4) is 22.9 Å². The second-order valence-electron chi connectivity index (χ2n) is 8.73. The van der Waals surface area contributed by atoms with E-state index in [1.165, 1.54) is 4.80 Å². The fraction of sp³-hybridized carbons (Fsp3) is 0.480. The van der Waals surface area contributed by atoms with Gasteiger partial charge in [-0.1, -0.05) is 25.8 Å². The molecule has 1 atom stereocenters. The van der Waals surface area contributed by atoms with Gasteiger partial charge in [-0.05, 0) is 54.1 Å². The van der Waals surface area contributed by atoms with Gasteiger partial charge in [-0.2, -0.15) is 4.80 Å². The number of hydrogen-bond acceptors (Lipinski definition) is 8. The molecule has 2 amide bonds. The molecule has 36 heavy (non-hydrogen) atoms. The van der Waals surface area contributed by atoms with E-state index >= 15 is 0 Å². The number of hydrogen-bond donors (Lipinski definition) is 1. The summed E-state index contributed by atoms with van der Waals surface area (Å²) in [6.45, 7) is 2.15. The molecule has 0 spiro atoms. The summed E-state index contributed by atoms with van der Waals surface area (Å²) in [5.41, 5.74) is 0.684. The number of carbonyl (C=O) groups excluding carboxylic acids is 2. The van der Waals surface area contributed by atoms with Crippen LogP contribution in [0.15, 0.2) is 35.7 Å². The van der Waals surface area contributed by atoms with Crippen molar-refractivity contribution in [2.45, 2.75) is 64.2 Å². The molecule has 1 N–H and O–H groups in total. The molecule has 3 aromatic rings. The Bertz CT molecular complexity index is 1160. The minimum absolute atomic E-state index is 0.105. The Morgan fingerprint density at radius 2 is 1.97 bits per heavy atom. The third kappa shape index (κ3) is 6.01. The monoisotopic (exact) mass is 512 g/mol. The van der Waals surface area contributed by atoms with E-state index in [1.54, 1.807) is 48.7 Å². The fourth-order valence-corrected chi connectivity index (χ4v) is 5.17. The Balaban J connectivity index is 1.51. The first kappa shape index (κ1) is 25.6. The van der Waals surface area contributed by atoms with Crippen molar-refractivity contribution in [1.29, 1.82) is 0 Å². The normalized spacial score (nSPS) is 14.4. The van der Waals surface area contributed by atoms with Crippen LogP contribution in [-0.4, -0.2) is 63.2 Å². The van der Waals surface area contributed by atoms with Gasteiger partial charge in [0.25, 0.3) is 0 Å². The van der Waals surface area contributed by atoms with Gasteiger partial charge in [-0.15, -0.1) is 21.5 Å². The van der Waals surface area contributed by atoms with Crippen molar-refractivity contribution in [2.24, 2.45) is 0 Å². The van der Waals surface area contributed by atoms with Gasteiger partial charge in [0, 0.05) is 16.5 Å². The maximum absolute atomic E-state index is 13.5. The summed E-state index contributed by atoms with van der Waals surface area (Å²) >= 11 is 1.56. The SMILES string of the molecule is CC[C@H](C(=O)NC1CCCC1)N(Cc1cccs1)C(=O)Cn1nnc(-c2ccc(OC)c(OC)c2)n1. The van der Waals surface area contributed by atoms with Gasteiger partial charge in [-0.25, -0.2) is 0 Å². The first-order chi connectivity index (χ1) is 17.5. The predicted molar refractivity (Wildman–Crippen MR) is 136 cm³/mol. The van der Waals surface area contributed by atoms with Gasteiger partial charge in [0.15, 0.2) is 11.5 Å². The lowest BCUT2D eigenvalue weighted by Crippen LogP contribution is -2.51. The molecule has 1 fully saturated rings. The van der Waals surface area contributed by atoms with Crippen molar-refractivity contribution in [3.63, 3.8) is 0 Å². The summed E-state index contributed by atoms with van der Waals surface area (Å²) in [5, 5.41) is 17.7. The molecule has 0 unspecified atom stereocenters. The van der Waals surface area contributed by atoms with Crippen molar-refractivity contribution in [2.75, 3.05) is 14.2 Å². The molecule has 10 nitrogen and oxygen atoms in total. The van der Waals surface area contributed by atoms with E-state index in [9.17, 15) is 9.59 Å². The topological polar surface area (TPSA) is 111 Å². The highest BCUT2D eigenvalue weighted by molar-refractivity contribution is 7.09. The Morgan fingerprint density at radius 1 is 1.19 bits per heavy atom. The summed E-state index contributed by atoms with van der Waals surface area (Å²) in [6, 6.07) is 8.84. The Kier molecular flexibility index (Phi) is 8.52. The summed E-state index contributed by atoms with van der Waals surface area (Å²) in [7, 11) is 3.12. The van der Waals surface area contributed by atoms with Crippen LogP contribution < -0.4 is 14.8 Å². The number of nitrogens with zero attached hydrogens (tertiary/aromatic N) is 5. The first-order valence-corrected chi connectivity index (χ1v) is 13.0. The van der Waals surface area contributed by atoms with E-state index in [4.69, 9.17) is 9.47 Å². The number of amides is 2. The molecule has 0 saturated heterocycles. The van der Waals surface area contributed by atoms with Crippen LogP contribution in [0.1, 0.15) is 43.9 Å². The van der Waals surface area contributed by atoms with Crippen molar-refractivity contribution < 1.29 is 19.1 Å². The number of tetrazole rings is 1. The molecule has 0 aliphatic heterocycles. The number of nitrogens with one attached hydrogen (secondary N) is 1. The summed E-state index contributed by atoms with van der Waals surface area (Å²) in [6.07, 6.45) is 4.74. The summed E-state index contributed by atoms with van der Waals surface area (Å²) in [4.78, 5) is 30.6. The molecule has 1 aliphatic carbocycles. The maximum atomic E-state index is 13.5. The molecule has 1 aromatic carbocycles. The number of carbonyl (C=O) groups is 2. The summed E-state index contributed by atoms with van der Waals surface area (Å²) < 4.78 is 10.6. The zero-order valence-corrected chi connectivity index (χ0v) is 21.7. The molecule has 11 heteroatoms. The minimum atomic E-state index is -0.575. The quantitative estimate of drug-likeness (QED) is 0.420. The smallest absolute Gasteiger partial charge is 0.247 e. The molecule has 1 saturated carbocycles. The van der Waals surface area contributed by atoms with E-state index in [-0.39, 0.29) is 24.4 Å². The Morgan fingerprint density at radius 3 is 2.64 bits per heavy atom. The van der Waals surface area contributed by atoms with Crippen LogP contribution in [0.3, 0.4) is 0 Å². The van der Waals surface area contributed by atoms with E-state index < -0.39 is 6.04 Å². The van der Waals surface area contributed by atoms with Gasteiger partial charge in [0.1, 0.15) is 12.6 Å². The number of benzene rings is 1. The number of methoxy groups -OCH3 is 2. The Hall–Kier alpha value is -3.47. The van der Waals surface area contributed by atoms with Crippen molar-refractivity contribution in [3.05, 3.63) is 40.6 Å². The van der Waals surface area contributed by atoms with Crippen LogP contribution in [0.25, 0.3) is 11.4 Å². The van der Waals surface area contributed by atoms with Crippen LogP contribution in [0, 0.1) is 0 Å². The van der Waals surface area contributed by atoms with Gasteiger partial charge in [-0.3, -0.25) is 9.59 Å². The standard InChI is InChI=1S/C25H32N6O4S/c1-4-20(25(33)26-18-8-5-6-9-18)30(15-19-10-7-13-36-19)23(32)16-31-28-24(27-29-31)17-11-12-21(34-2)22(14-17)35-3/h7,10-14,18,20H,4-6,8-9,15-16H2,1-3H3,(H,26,33)/t20-/m1/s1. The average Bonchev–Trinajstić information content (AvgIpc) is 3.67. The lowest BCUT2D eigenvalue weighted by atomic mass is 10.1. The number of thiophene rings is 1. The van der Waals surface area contributed by atoms with Crippen LogP contribution >= 0.6 is 11.3 Å². The molecule has 1 aliphatic rings. The first-order valence-electron chi connectivity index (χ1n) is 12.1. The molecule has 0 radical (unpaired) electrons. The van der Waals surface area contributed by atoms with Crippen LogP contribution in [0.5, 0.6) is 11.5 Å². The molecule has 4 rings (SSSR count). The van der Waals surface area contributed by atoms with E-state index in [1.807, 2.05) is 24.4 Å². The van der Waals surface area contributed by atoms with Gasteiger partial charge < -0.3 is 19.7 Å². The van der Waals surface area contributed by atoms with Crippen molar-refractivity contribution in [1.82, 2.24) is 30.4 Å². The molecule has 0 bridgehead atoms. The zero-order valence-electron chi connectivity index (χ0n) is 20.8. The Labute approximate surface area is 214 Å². The van der Waals surface area contributed by atoms with Gasteiger partial charge >= 0.3 is 0 Å². The van der Waals surface area contributed by atoms with E-state index in [0.717, 1.165) is 30.6 Å². The highest BCUT2D eigenvalue weighted by Gasteiger charge is 2.31. The third-order valence-corrected chi connectivity index (χ3v) is 7.23. The largest absolute Gasteiger partial charge is 0.493 e. The van der Waals surface area contributed by atoms with E-state index in [0.29, 0.717) is 35.9 Å². The lowest BCUT2D eigenvalue weighted by molar-refractivity contribution is -0.142. The fourth-order valence-electron chi connectivity index (χ4n) is 4.47. The second-order valence-corrected chi connectivity index (χ2v) is 9.76. The zero-order chi connectivity index (χ0) is 25.5. The molecular weight excluding hydrogens is 480 g/mol. The highest BCUT2D eigenvalue weighted by atomic mass is 32.1. The predicted octanol–water partition coefficient (Wildman–Crippen LogP) is 3.29. The molecular formula is C25H32N6O4S. The lowest BCUT2D eigenvalue weighted by Gasteiger charge is -2.30. The number of aromatic nitrogens is 4. The number of ether oxygens (including phenoxy) is 2. The van der Waals surface area contributed by atoms with Crippen molar-refractivity contribution >= 4 is 23.2 Å². The van der Waals surface area contributed by atoms with Gasteiger partial charge in [0.05, 0.1) is 20.8 Å². The van der Waals surface area contributed by atoms with E-state index in [2.05, 4.69) is 20.7 Å². The van der Waals surface area contributed by atoms with Crippen LogP contribution in [-0.2, 0) is 22.7 Å². The molecule has 192 valence electrons. The van der Waals surface area contributed by atoms with Crippen LogP contribution in [0.2, 0.25) is 0 Å². The maximum Gasteiger partial charge on any atom is 0.247 e. The third-order valence-electron chi connectivity index (χ3n) is 6.37. The average molecular weight is 513 g/mol. The van der Waals surface area contributed by atoms with Crippen LogP contribution in [0.4, 0.5) is 0 Å². The second kappa shape index (κ2) is 12.0. The minimum Gasteiger partial charge on any atom is -0.493 e. The number of rotatable bonds is 11. The van der Waals surface area contributed by atoms with Gasteiger partial charge in [0.2, 0.25) is 17.6 Å². The molecule has 2 aromatic heterocycles. The summed E-state index contributed by atoms with van der Waals surface area (Å²) in [5.74, 6) is 1.15. The highest BCUT2D eigenvalue weighted by Crippen LogP contribution is 2.30. The molecule has 2 heterocycles.